The van der Waals surface area contributed by atoms with E-state index in [9.17, 15) is 9.90 Å². The van der Waals surface area contributed by atoms with E-state index in [4.69, 9.17) is 11.6 Å². The van der Waals surface area contributed by atoms with Crippen molar-refractivity contribution in [2.24, 2.45) is 0 Å². The Balaban J connectivity index is 2.60. The number of anilines is 1. The molecule has 0 fully saturated rings. The minimum Gasteiger partial charge on any atom is -0.392 e. The Bertz CT molecular complexity index is 424. The maximum absolute atomic E-state index is 11.9. The first kappa shape index (κ1) is 15.9. The average molecular weight is 286 g/mol. The Hall–Kier alpha value is -1.17. The minimum absolute atomic E-state index is 0.171. The van der Waals surface area contributed by atoms with Gasteiger partial charge in [-0.1, -0.05) is 11.6 Å². The molecule has 5 nitrogen and oxygen atoms in total. The monoisotopic (exact) mass is 285 g/mol. The standard InChI is InChI=1S/C13H20ClN3O2/c1-9(2)17(7-10(3)18)8-12(19)16-11-5-4-6-15-13(11)14/h4-6,9-10,18H,7-8H2,1-3H3,(H,16,19). The Morgan fingerprint density at radius 3 is 2.74 bits per heavy atom. The predicted molar refractivity (Wildman–Crippen MR) is 76.3 cm³/mol. The fraction of sp³-hybridized carbons (Fsp3) is 0.538. The molecule has 0 aliphatic heterocycles. The number of aliphatic hydroxyl groups excluding tert-OH is 1. The van der Waals surface area contributed by atoms with Crippen LogP contribution in [0.1, 0.15) is 20.8 Å². The third kappa shape index (κ3) is 5.55. The number of nitrogens with one attached hydrogen (secondary N) is 1. The van der Waals surface area contributed by atoms with Crippen molar-refractivity contribution >= 4 is 23.2 Å². The van der Waals surface area contributed by atoms with E-state index in [1.807, 2.05) is 18.7 Å². The van der Waals surface area contributed by atoms with Crippen molar-refractivity contribution in [2.45, 2.75) is 32.9 Å². The van der Waals surface area contributed by atoms with Crippen molar-refractivity contribution < 1.29 is 9.90 Å². The summed E-state index contributed by atoms with van der Waals surface area (Å²) >= 11 is 5.87. The number of hydrogen-bond donors (Lipinski definition) is 2. The van der Waals surface area contributed by atoms with E-state index in [1.54, 1.807) is 25.3 Å². The van der Waals surface area contributed by atoms with Gasteiger partial charge >= 0.3 is 0 Å². The van der Waals surface area contributed by atoms with Gasteiger partial charge in [0.15, 0.2) is 5.15 Å². The van der Waals surface area contributed by atoms with Gasteiger partial charge in [0.05, 0.1) is 18.3 Å². The molecule has 2 N–H and O–H groups in total. The Morgan fingerprint density at radius 2 is 2.21 bits per heavy atom. The first-order valence-corrected chi connectivity index (χ1v) is 6.60. The fourth-order valence-corrected chi connectivity index (χ4v) is 1.82. The van der Waals surface area contributed by atoms with Gasteiger partial charge in [0, 0.05) is 18.8 Å². The summed E-state index contributed by atoms with van der Waals surface area (Å²) in [4.78, 5) is 17.7. The maximum atomic E-state index is 11.9. The summed E-state index contributed by atoms with van der Waals surface area (Å²) in [6.45, 7) is 6.31. The summed E-state index contributed by atoms with van der Waals surface area (Å²) in [5.41, 5.74) is 0.495. The van der Waals surface area contributed by atoms with Crippen molar-refractivity contribution in [2.75, 3.05) is 18.4 Å². The molecule has 1 amide bonds. The Morgan fingerprint density at radius 1 is 1.53 bits per heavy atom. The van der Waals surface area contributed by atoms with Crippen LogP contribution < -0.4 is 5.32 Å². The number of carbonyl (C=O) groups is 1. The second-order valence-corrected chi connectivity index (χ2v) is 5.12. The molecule has 106 valence electrons. The molecule has 1 rings (SSSR count). The highest BCUT2D eigenvalue weighted by atomic mass is 35.5. The van der Waals surface area contributed by atoms with Gasteiger partial charge in [0.25, 0.3) is 0 Å². The second-order valence-electron chi connectivity index (χ2n) is 4.76. The molecule has 0 saturated heterocycles. The molecule has 0 bridgehead atoms. The molecule has 0 spiro atoms. The lowest BCUT2D eigenvalue weighted by Gasteiger charge is -2.26. The van der Waals surface area contributed by atoms with Crippen molar-refractivity contribution in [1.82, 2.24) is 9.88 Å². The van der Waals surface area contributed by atoms with Crippen LogP contribution in [0.25, 0.3) is 0 Å². The summed E-state index contributed by atoms with van der Waals surface area (Å²) in [7, 11) is 0. The molecule has 0 aliphatic rings. The van der Waals surface area contributed by atoms with Crippen LogP contribution in [0.4, 0.5) is 5.69 Å². The highest BCUT2D eigenvalue weighted by molar-refractivity contribution is 6.32. The SMILES string of the molecule is CC(O)CN(CC(=O)Nc1cccnc1Cl)C(C)C. The van der Waals surface area contributed by atoms with E-state index in [2.05, 4.69) is 10.3 Å². The van der Waals surface area contributed by atoms with Crippen LogP contribution >= 0.6 is 11.6 Å². The Kier molecular flexibility index (Phi) is 6.21. The van der Waals surface area contributed by atoms with E-state index in [0.29, 0.717) is 12.2 Å². The van der Waals surface area contributed by atoms with E-state index in [-0.39, 0.29) is 23.6 Å². The molecule has 1 aromatic rings. The smallest absolute Gasteiger partial charge is 0.238 e. The normalized spacial score (nSPS) is 12.8. The largest absolute Gasteiger partial charge is 0.392 e. The quantitative estimate of drug-likeness (QED) is 0.782. The van der Waals surface area contributed by atoms with E-state index in [0.717, 1.165) is 0 Å². The van der Waals surface area contributed by atoms with Crippen molar-refractivity contribution in [3.05, 3.63) is 23.5 Å². The zero-order chi connectivity index (χ0) is 14.4. The molecule has 1 atom stereocenters. The van der Waals surface area contributed by atoms with Gasteiger partial charge in [0.2, 0.25) is 5.91 Å². The second kappa shape index (κ2) is 7.43. The number of aliphatic hydroxyl groups is 1. The van der Waals surface area contributed by atoms with Gasteiger partial charge in [0.1, 0.15) is 0 Å². The van der Waals surface area contributed by atoms with Crippen LogP contribution in [0, 0.1) is 0 Å². The molecule has 6 heteroatoms. The van der Waals surface area contributed by atoms with E-state index in [1.165, 1.54) is 0 Å². The molecule has 0 aliphatic carbocycles. The number of aromatic nitrogens is 1. The molecular formula is C13H20ClN3O2. The number of hydrogen-bond acceptors (Lipinski definition) is 4. The average Bonchev–Trinajstić information content (AvgIpc) is 2.30. The summed E-state index contributed by atoms with van der Waals surface area (Å²) in [6.07, 6.45) is 1.09. The van der Waals surface area contributed by atoms with E-state index >= 15 is 0 Å². The third-order valence-corrected chi connectivity index (χ3v) is 2.91. The number of halogens is 1. The molecule has 0 saturated carbocycles. The molecule has 1 aromatic heterocycles. The molecular weight excluding hydrogens is 266 g/mol. The zero-order valence-electron chi connectivity index (χ0n) is 11.4. The number of rotatable bonds is 6. The molecule has 19 heavy (non-hydrogen) atoms. The van der Waals surface area contributed by atoms with Gasteiger partial charge in [-0.15, -0.1) is 0 Å². The van der Waals surface area contributed by atoms with Crippen molar-refractivity contribution in [3.8, 4) is 0 Å². The van der Waals surface area contributed by atoms with Gasteiger partial charge < -0.3 is 10.4 Å². The molecule has 1 heterocycles. The zero-order valence-corrected chi connectivity index (χ0v) is 12.2. The summed E-state index contributed by atoms with van der Waals surface area (Å²) < 4.78 is 0. The lowest BCUT2D eigenvalue weighted by atomic mass is 10.2. The van der Waals surface area contributed by atoms with Crippen LogP contribution in [0.5, 0.6) is 0 Å². The van der Waals surface area contributed by atoms with Crippen LogP contribution in [0.15, 0.2) is 18.3 Å². The highest BCUT2D eigenvalue weighted by Gasteiger charge is 2.16. The molecule has 0 aromatic carbocycles. The van der Waals surface area contributed by atoms with Crippen molar-refractivity contribution in [3.63, 3.8) is 0 Å². The first-order chi connectivity index (χ1) is 8.90. The topological polar surface area (TPSA) is 65.5 Å². The van der Waals surface area contributed by atoms with Gasteiger partial charge in [-0.3, -0.25) is 9.69 Å². The van der Waals surface area contributed by atoms with Crippen LogP contribution in [0.2, 0.25) is 5.15 Å². The van der Waals surface area contributed by atoms with Crippen LogP contribution in [-0.4, -0.2) is 46.1 Å². The van der Waals surface area contributed by atoms with Gasteiger partial charge in [-0.2, -0.15) is 0 Å². The summed E-state index contributed by atoms with van der Waals surface area (Å²) in [5, 5.41) is 12.4. The molecule has 0 radical (unpaired) electrons. The molecule has 1 unspecified atom stereocenters. The summed E-state index contributed by atoms with van der Waals surface area (Å²) in [5.74, 6) is -0.177. The lowest BCUT2D eigenvalue weighted by molar-refractivity contribution is -0.118. The number of carbonyl (C=O) groups excluding carboxylic acids is 1. The number of nitrogens with zero attached hydrogens (tertiary/aromatic N) is 2. The van der Waals surface area contributed by atoms with Crippen LogP contribution in [-0.2, 0) is 4.79 Å². The minimum atomic E-state index is -0.475. The highest BCUT2D eigenvalue weighted by Crippen LogP contribution is 2.17. The lowest BCUT2D eigenvalue weighted by Crippen LogP contribution is -2.41. The van der Waals surface area contributed by atoms with E-state index < -0.39 is 6.10 Å². The third-order valence-electron chi connectivity index (χ3n) is 2.61. The van der Waals surface area contributed by atoms with Gasteiger partial charge in [-0.25, -0.2) is 4.98 Å². The summed E-state index contributed by atoms with van der Waals surface area (Å²) in [6, 6.07) is 3.57. The van der Waals surface area contributed by atoms with Gasteiger partial charge in [-0.05, 0) is 32.9 Å². The maximum Gasteiger partial charge on any atom is 0.238 e. The number of amides is 1. The Labute approximate surface area is 118 Å². The fourth-order valence-electron chi connectivity index (χ4n) is 1.65. The number of pyridine rings is 1. The van der Waals surface area contributed by atoms with Crippen LogP contribution in [0.3, 0.4) is 0 Å². The predicted octanol–water partition coefficient (Wildman–Crippen LogP) is 1.76. The first-order valence-electron chi connectivity index (χ1n) is 6.22. The van der Waals surface area contributed by atoms with Crippen molar-refractivity contribution in [1.29, 1.82) is 0 Å².